The minimum atomic E-state index is -0.548. The highest BCUT2D eigenvalue weighted by Crippen LogP contribution is 2.34. The molecule has 3 aromatic heterocycles. The number of nitrogens with zero attached hydrogens (tertiary/aromatic N) is 4. The van der Waals surface area contributed by atoms with Crippen LogP contribution in [0.3, 0.4) is 0 Å². The Kier molecular flexibility index (Phi) is 7.10. The van der Waals surface area contributed by atoms with Crippen molar-refractivity contribution in [2.24, 2.45) is 7.05 Å². The predicted octanol–water partition coefficient (Wildman–Crippen LogP) is 4.85. The van der Waals surface area contributed by atoms with Crippen molar-refractivity contribution in [2.75, 3.05) is 32.6 Å². The van der Waals surface area contributed by atoms with Crippen molar-refractivity contribution >= 4 is 28.3 Å². The number of hydrogen-bond donors (Lipinski definition) is 1. The first kappa shape index (κ1) is 26.4. The first-order chi connectivity index (χ1) is 18.7. The van der Waals surface area contributed by atoms with E-state index in [1.165, 1.54) is 13.2 Å². The number of anilines is 1. The van der Waals surface area contributed by atoms with E-state index in [4.69, 9.17) is 4.74 Å². The van der Waals surface area contributed by atoms with Gasteiger partial charge in [-0.15, -0.1) is 0 Å². The van der Waals surface area contributed by atoms with Crippen LogP contribution in [0.2, 0.25) is 0 Å². The van der Waals surface area contributed by atoms with Gasteiger partial charge in [-0.2, -0.15) is 0 Å². The third kappa shape index (κ3) is 4.74. The average Bonchev–Trinajstić information content (AvgIpc) is 3.28. The highest BCUT2D eigenvalue weighted by atomic mass is 19.1. The lowest BCUT2D eigenvalue weighted by atomic mass is 9.93. The van der Waals surface area contributed by atoms with Crippen molar-refractivity contribution in [3.63, 3.8) is 0 Å². The molecule has 8 nitrogen and oxygen atoms in total. The Morgan fingerprint density at radius 3 is 2.64 bits per heavy atom. The van der Waals surface area contributed by atoms with E-state index in [1.807, 2.05) is 26.1 Å². The smallest absolute Gasteiger partial charge is 0.337 e. The van der Waals surface area contributed by atoms with E-state index in [0.717, 1.165) is 40.2 Å². The third-order valence-corrected chi connectivity index (χ3v) is 7.66. The Hall–Kier alpha value is -4.24. The number of fused-ring (bicyclic) bond motifs is 1. The third-order valence-electron chi connectivity index (χ3n) is 7.66. The molecule has 4 heterocycles. The molecule has 0 spiro atoms. The summed E-state index contributed by atoms with van der Waals surface area (Å²) < 4.78 is 23.5. The van der Waals surface area contributed by atoms with Crippen molar-refractivity contribution in [1.82, 2.24) is 19.0 Å². The number of carbonyl (C=O) groups is 1. The Balaban J connectivity index is 1.43. The highest BCUT2D eigenvalue weighted by Gasteiger charge is 2.25. The first-order valence-corrected chi connectivity index (χ1v) is 12.9. The monoisotopic (exact) mass is 529 g/mol. The van der Waals surface area contributed by atoms with Crippen LogP contribution in [0.4, 0.5) is 10.1 Å². The Labute approximate surface area is 226 Å². The maximum Gasteiger partial charge on any atom is 0.337 e. The van der Waals surface area contributed by atoms with Gasteiger partial charge in [0.05, 0.1) is 18.4 Å². The lowest BCUT2D eigenvalue weighted by Gasteiger charge is -2.32. The average molecular weight is 530 g/mol. The Morgan fingerprint density at radius 1 is 1.21 bits per heavy atom. The quantitative estimate of drug-likeness (QED) is 0.360. The molecule has 5 rings (SSSR count). The lowest BCUT2D eigenvalue weighted by molar-refractivity contribution is 0.0600. The summed E-state index contributed by atoms with van der Waals surface area (Å²) in [5.41, 5.74) is 5.73. The number of esters is 1. The summed E-state index contributed by atoms with van der Waals surface area (Å²) in [4.78, 5) is 31.6. The van der Waals surface area contributed by atoms with Gasteiger partial charge in [-0.25, -0.2) is 14.2 Å². The van der Waals surface area contributed by atoms with E-state index in [9.17, 15) is 9.59 Å². The molecule has 0 radical (unpaired) electrons. The molecule has 9 heteroatoms. The molecule has 0 saturated carbocycles. The fourth-order valence-corrected chi connectivity index (χ4v) is 5.51. The van der Waals surface area contributed by atoms with E-state index in [1.54, 1.807) is 36.1 Å². The van der Waals surface area contributed by atoms with Gasteiger partial charge in [0.25, 0.3) is 5.56 Å². The van der Waals surface area contributed by atoms with Crippen LogP contribution in [-0.2, 0) is 11.8 Å². The van der Waals surface area contributed by atoms with E-state index in [2.05, 4.69) is 38.8 Å². The van der Waals surface area contributed by atoms with Gasteiger partial charge in [-0.05, 0) is 61.7 Å². The Morgan fingerprint density at radius 2 is 2.00 bits per heavy atom. The van der Waals surface area contributed by atoms with Gasteiger partial charge >= 0.3 is 5.97 Å². The molecule has 1 atom stereocenters. The summed E-state index contributed by atoms with van der Waals surface area (Å²) in [5.74, 6) is -0.956. The number of aromatic nitrogens is 3. The van der Waals surface area contributed by atoms with Crippen molar-refractivity contribution in [3.05, 3.63) is 93.4 Å². The van der Waals surface area contributed by atoms with Gasteiger partial charge < -0.3 is 14.6 Å². The second kappa shape index (κ2) is 10.5. The molecule has 1 aromatic carbocycles. The van der Waals surface area contributed by atoms with Crippen LogP contribution < -0.4 is 10.9 Å². The van der Waals surface area contributed by atoms with Gasteiger partial charge in [-0.1, -0.05) is 6.08 Å². The molecule has 4 aromatic rings. The van der Waals surface area contributed by atoms with Crippen LogP contribution >= 0.6 is 0 Å². The van der Waals surface area contributed by atoms with Gasteiger partial charge in [0.1, 0.15) is 11.5 Å². The van der Waals surface area contributed by atoms with E-state index < -0.39 is 11.8 Å². The predicted molar refractivity (Wildman–Crippen MR) is 151 cm³/mol. The number of hydrogen-bond acceptors (Lipinski definition) is 6. The fraction of sp³-hybridized carbons (Fsp3) is 0.300. The van der Waals surface area contributed by atoms with E-state index in [-0.39, 0.29) is 17.2 Å². The van der Waals surface area contributed by atoms with Gasteiger partial charge in [-0.3, -0.25) is 14.3 Å². The minimum Gasteiger partial charge on any atom is -0.465 e. The molecule has 1 aliphatic rings. The highest BCUT2D eigenvalue weighted by molar-refractivity contribution is 5.90. The number of nitrogens with one attached hydrogen (secondary N) is 1. The summed E-state index contributed by atoms with van der Waals surface area (Å²) >= 11 is 0. The van der Waals surface area contributed by atoms with Crippen molar-refractivity contribution in [3.8, 4) is 5.69 Å². The van der Waals surface area contributed by atoms with Crippen molar-refractivity contribution in [1.29, 1.82) is 0 Å². The normalized spacial score (nSPS) is 14.8. The van der Waals surface area contributed by atoms with Crippen molar-refractivity contribution < 1.29 is 13.9 Å². The molecule has 0 amide bonds. The van der Waals surface area contributed by atoms with Crippen LogP contribution in [0.25, 0.3) is 22.3 Å². The number of pyridine rings is 2. The molecule has 0 saturated heterocycles. The van der Waals surface area contributed by atoms with Gasteiger partial charge in [0, 0.05) is 74.0 Å². The number of halogens is 1. The number of benzene rings is 1. The van der Waals surface area contributed by atoms with Crippen molar-refractivity contribution in [2.45, 2.75) is 26.3 Å². The molecule has 0 aliphatic carbocycles. The fourth-order valence-electron chi connectivity index (χ4n) is 5.51. The van der Waals surface area contributed by atoms with E-state index >= 15 is 4.39 Å². The minimum absolute atomic E-state index is 0.0610. The molecule has 1 N–H and O–H groups in total. The molecule has 1 unspecified atom stereocenters. The number of methoxy groups -OCH3 is 1. The molecule has 39 heavy (non-hydrogen) atoms. The summed E-state index contributed by atoms with van der Waals surface area (Å²) in [6.45, 7) is 5.37. The van der Waals surface area contributed by atoms with Crippen LogP contribution in [0.1, 0.15) is 46.6 Å². The van der Waals surface area contributed by atoms with Gasteiger partial charge in [0.15, 0.2) is 0 Å². The molecule has 0 fully saturated rings. The van der Waals surface area contributed by atoms with Gasteiger partial charge in [0.2, 0.25) is 0 Å². The zero-order chi connectivity index (χ0) is 27.8. The van der Waals surface area contributed by atoms with Crippen LogP contribution in [-0.4, -0.2) is 52.2 Å². The topological polar surface area (TPSA) is 81.4 Å². The second-order valence-corrected chi connectivity index (χ2v) is 9.86. The molecule has 1 aliphatic heterocycles. The van der Waals surface area contributed by atoms with Crippen LogP contribution in [0.15, 0.2) is 59.7 Å². The Bertz CT molecular complexity index is 1650. The summed E-state index contributed by atoms with van der Waals surface area (Å²) in [7, 11) is 5.06. The number of rotatable bonds is 6. The SMILES string of the molecule is CNc1ccn(-c2ccnc3c2cc(C(C)N2CC=C(c4c(C)cc(C(=O)OC)cc4F)CC2)n3C)c(=O)c1. The summed E-state index contributed by atoms with van der Waals surface area (Å²) in [5, 5.41) is 3.90. The molecule has 0 bridgehead atoms. The lowest BCUT2D eigenvalue weighted by Crippen LogP contribution is -2.32. The van der Waals surface area contributed by atoms with Crippen LogP contribution in [0, 0.1) is 12.7 Å². The molecule has 202 valence electrons. The maximum absolute atomic E-state index is 15.0. The standard InChI is InChI=1S/C30H32FN5O3/c1-18-14-21(30(38)39-5)15-24(31)28(18)20-7-11-35(12-8-20)19(2)26-17-23-25(6-10-33-29(23)34(26)4)36-13-9-22(32-3)16-27(36)37/h6-7,9-10,13-17,19,32H,8,11-12H2,1-5H3. The van der Waals surface area contributed by atoms with Crippen LogP contribution in [0.5, 0.6) is 0 Å². The number of carbonyl (C=O) groups excluding carboxylic acids is 1. The maximum atomic E-state index is 15.0. The number of ether oxygens (including phenoxy) is 1. The molecular formula is C30H32FN5O3. The summed E-state index contributed by atoms with van der Waals surface area (Å²) in [6.07, 6.45) is 6.25. The second-order valence-electron chi connectivity index (χ2n) is 9.86. The largest absolute Gasteiger partial charge is 0.465 e. The molecular weight excluding hydrogens is 497 g/mol. The zero-order valence-corrected chi connectivity index (χ0v) is 22.8. The number of aryl methyl sites for hydroxylation is 2. The van der Waals surface area contributed by atoms with E-state index in [0.29, 0.717) is 24.1 Å². The summed E-state index contributed by atoms with van der Waals surface area (Å²) in [6, 6.07) is 10.4. The first-order valence-electron chi connectivity index (χ1n) is 12.9. The zero-order valence-electron chi connectivity index (χ0n) is 22.8.